The lowest BCUT2D eigenvalue weighted by Gasteiger charge is -2.24. The summed E-state index contributed by atoms with van der Waals surface area (Å²) in [4.78, 5) is 44.9. The van der Waals surface area contributed by atoms with Crippen molar-refractivity contribution in [2.45, 2.75) is 31.5 Å². The molecule has 34 heavy (non-hydrogen) atoms. The first kappa shape index (κ1) is 23.6. The summed E-state index contributed by atoms with van der Waals surface area (Å²) in [7, 11) is -3.70. The van der Waals surface area contributed by atoms with Gasteiger partial charge in [0.2, 0.25) is 5.95 Å². The van der Waals surface area contributed by atoms with Gasteiger partial charge >= 0.3 is 6.09 Å². The van der Waals surface area contributed by atoms with Crippen LogP contribution in [0.4, 0.5) is 10.7 Å². The molecule has 2 atom stereocenters. The Morgan fingerprint density at radius 3 is 2.53 bits per heavy atom. The van der Waals surface area contributed by atoms with Crippen LogP contribution in [-0.2, 0) is 25.6 Å². The van der Waals surface area contributed by atoms with Gasteiger partial charge in [-0.3, -0.25) is 13.8 Å². The van der Waals surface area contributed by atoms with Gasteiger partial charge in [-0.2, -0.15) is 8.42 Å². The second kappa shape index (κ2) is 9.39. The maximum atomic E-state index is 12.8. The van der Waals surface area contributed by atoms with Crippen molar-refractivity contribution in [1.82, 2.24) is 14.5 Å². The number of nitrogens with zero attached hydrogens (tertiary/aromatic N) is 4. The Labute approximate surface area is 196 Å². The van der Waals surface area contributed by atoms with E-state index in [2.05, 4.69) is 11.6 Å². The van der Waals surface area contributed by atoms with Gasteiger partial charge in [-0.1, -0.05) is 24.8 Å². The summed E-state index contributed by atoms with van der Waals surface area (Å²) in [5.41, 5.74) is 0.629. The van der Waals surface area contributed by atoms with Gasteiger partial charge in [-0.25, -0.2) is 14.7 Å². The smallest absolute Gasteiger partial charge is 0.410 e. The van der Waals surface area contributed by atoms with Crippen molar-refractivity contribution in [3.63, 3.8) is 0 Å². The zero-order valence-corrected chi connectivity index (χ0v) is 19.3. The number of likely N-dealkylation sites (tertiary alicyclic amines) is 1. The van der Waals surface area contributed by atoms with Crippen LogP contribution in [0.5, 0.6) is 0 Å². The van der Waals surface area contributed by atoms with Crippen LogP contribution in [0.25, 0.3) is 0 Å². The molecule has 0 radical (unpaired) electrons. The number of rotatable bonds is 8. The normalized spacial score (nSPS) is 20.0. The Hall–Kier alpha value is -3.51. The predicted molar refractivity (Wildman–Crippen MR) is 121 cm³/mol. The molecule has 0 saturated carbocycles. The van der Waals surface area contributed by atoms with Gasteiger partial charge in [0.1, 0.15) is 6.61 Å². The van der Waals surface area contributed by atoms with E-state index in [1.807, 2.05) is 0 Å². The van der Waals surface area contributed by atoms with Crippen molar-refractivity contribution in [1.29, 1.82) is 0 Å². The fraction of sp³-hybridized carbons (Fsp3) is 0.364. The number of anilines is 1. The van der Waals surface area contributed by atoms with E-state index in [4.69, 9.17) is 8.92 Å². The van der Waals surface area contributed by atoms with Crippen LogP contribution >= 0.6 is 0 Å². The van der Waals surface area contributed by atoms with Crippen molar-refractivity contribution in [2.75, 3.05) is 24.3 Å². The third kappa shape index (κ3) is 4.73. The highest BCUT2D eigenvalue weighted by Gasteiger charge is 2.40. The number of carbonyl (C=O) groups is 3. The molecule has 2 aromatic rings. The molecule has 3 heterocycles. The zero-order valence-electron chi connectivity index (χ0n) is 18.5. The predicted octanol–water partition coefficient (Wildman–Crippen LogP) is 1.82. The third-order valence-corrected chi connectivity index (χ3v) is 6.26. The van der Waals surface area contributed by atoms with Crippen LogP contribution in [0, 0.1) is 0 Å². The van der Waals surface area contributed by atoms with E-state index in [0.717, 1.165) is 11.2 Å². The molecule has 2 aliphatic heterocycles. The van der Waals surface area contributed by atoms with Gasteiger partial charge < -0.3 is 14.2 Å². The van der Waals surface area contributed by atoms with E-state index < -0.39 is 34.1 Å². The quantitative estimate of drug-likeness (QED) is 0.313. The topological polar surface area (TPSA) is 128 Å². The molecule has 1 aromatic carbocycles. The van der Waals surface area contributed by atoms with E-state index in [9.17, 15) is 22.8 Å². The number of imide groups is 1. The molecule has 3 amide bonds. The number of carbonyl (C=O) groups excluding carboxylic acids is 3. The number of hydrogen-bond acceptors (Lipinski definition) is 8. The van der Waals surface area contributed by atoms with E-state index in [1.54, 1.807) is 35.0 Å². The first-order valence-corrected chi connectivity index (χ1v) is 12.4. The fourth-order valence-electron chi connectivity index (χ4n) is 4.24. The second-order valence-electron chi connectivity index (χ2n) is 8.03. The van der Waals surface area contributed by atoms with E-state index >= 15 is 0 Å². The van der Waals surface area contributed by atoms with Gasteiger partial charge in [0.05, 0.1) is 30.0 Å². The molecule has 1 fully saturated rings. The maximum Gasteiger partial charge on any atom is 0.410 e. The highest BCUT2D eigenvalue weighted by atomic mass is 32.2. The SMILES string of the molecule is C=CCOC(=O)N1C[C@H](OS(C)(=O)=O)C[C@H]1CCn1ccnc1N1C(=O)c2ccccc2C1=O. The number of aromatic nitrogens is 2. The molecular formula is C22H24N4O7S. The Morgan fingerprint density at radius 1 is 1.24 bits per heavy atom. The van der Waals surface area contributed by atoms with Crippen LogP contribution in [0.2, 0.25) is 0 Å². The Morgan fingerprint density at radius 2 is 1.91 bits per heavy atom. The van der Waals surface area contributed by atoms with Gasteiger partial charge in [0.15, 0.2) is 0 Å². The summed E-state index contributed by atoms with van der Waals surface area (Å²) in [5.74, 6) is -0.732. The molecule has 180 valence electrons. The lowest BCUT2D eigenvalue weighted by molar-refractivity contribution is 0.0922. The van der Waals surface area contributed by atoms with Gasteiger partial charge in [-0.05, 0) is 25.0 Å². The lowest BCUT2D eigenvalue weighted by Crippen LogP contribution is -2.37. The van der Waals surface area contributed by atoms with Gasteiger partial charge in [-0.15, -0.1) is 0 Å². The summed E-state index contributed by atoms with van der Waals surface area (Å²) in [6.45, 7) is 3.90. The van der Waals surface area contributed by atoms with Crippen LogP contribution in [-0.4, -0.2) is 72.3 Å². The largest absolute Gasteiger partial charge is 0.445 e. The van der Waals surface area contributed by atoms with Crippen molar-refractivity contribution in [2.24, 2.45) is 0 Å². The van der Waals surface area contributed by atoms with Crippen LogP contribution in [0.1, 0.15) is 33.6 Å². The lowest BCUT2D eigenvalue weighted by atomic mass is 10.1. The van der Waals surface area contributed by atoms with Gasteiger partial charge in [0, 0.05) is 25.0 Å². The maximum absolute atomic E-state index is 12.8. The van der Waals surface area contributed by atoms with Crippen molar-refractivity contribution in [3.8, 4) is 0 Å². The van der Waals surface area contributed by atoms with Crippen molar-refractivity contribution in [3.05, 3.63) is 60.4 Å². The Bertz CT molecular complexity index is 1200. The summed E-state index contributed by atoms with van der Waals surface area (Å²) in [6.07, 6.45) is 4.89. The molecule has 1 aromatic heterocycles. The van der Waals surface area contributed by atoms with E-state index in [-0.39, 0.29) is 31.6 Å². The standard InChI is InChI=1S/C22H24N4O7S/c1-3-12-32-22(29)25-14-16(33-34(2,30)31)13-15(25)8-10-24-11-9-23-21(24)26-19(27)17-6-4-5-7-18(17)20(26)28/h3-7,9,11,15-16H,1,8,10,12-14H2,2H3/t15-,16-/m1/s1. The molecule has 0 bridgehead atoms. The first-order valence-electron chi connectivity index (χ1n) is 10.6. The monoisotopic (exact) mass is 488 g/mol. The summed E-state index contributed by atoms with van der Waals surface area (Å²) in [6, 6.07) is 6.18. The molecule has 12 heteroatoms. The number of ether oxygens (including phenoxy) is 1. The Kier molecular flexibility index (Phi) is 6.53. The third-order valence-electron chi connectivity index (χ3n) is 5.64. The number of amides is 3. The molecule has 0 aliphatic carbocycles. The summed E-state index contributed by atoms with van der Waals surface area (Å²) in [5, 5.41) is 0. The number of fused-ring (bicyclic) bond motifs is 1. The number of benzene rings is 1. The van der Waals surface area contributed by atoms with Crippen LogP contribution in [0.15, 0.2) is 49.3 Å². The Balaban J connectivity index is 1.50. The minimum atomic E-state index is -3.70. The van der Waals surface area contributed by atoms with Crippen LogP contribution < -0.4 is 4.90 Å². The van der Waals surface area contributed by atoms with E-state index in [0.29, 0.717) is 24.1 Å². The minimum Gasteiger partial charge on any atom is -0.445 e. The minimum absolute atomic E-state index is 0.0189. The average Bonchev–Trinajstić information content (AvgIpc) is 3.47. The molecule has 0 N–H and O–H groups in total. The van der Waals surface area contributed by atoms with Gasteiger partial charge in [0.25, 0.3) is 21.9 Å². The first-order chi connectivity index (χ1) is 16.2. The summed E-state index contributed by atoms with van der Waals surface area (Å²) < 4.78 is 35.1. The molecular weight excluding hydrogens is 464 g/mol. The molecule has 2 aliphatic rings. The average molecular weight is 489 g/mol. The molecule has 11 nitrogen and oxygen atoms in total. The number of aryl methyl sites for hydroxylation is 1. The van der Waals surface area contributed by atoms with Crippen molar-refractivity contribution < 1.29 is 31.7 Å². The summed E-state index contributed by atoms with van der Waals surface area (Å²) >= 11 is 0. The van der Waals surface area contributed by atoms with Crippen LogP contribution in [0.3, 0.4) is 0 Å². The highest BCUT2D eigenvalue weighted by Crippen LogP contribution is 2.29. The molecule has 4 rings (SSSR count). The fourth-order valence-corrected chi connectivity index (χ4v) is 4.88. The number of hydrogen-bond donors (Lipinski definition) is 0. The number of imidazole rings is 1. The molecule has 1 saturated heterocycles. The molecule has 0 spiro atoms. The highest BCUT2D eigenvalue weighted by molar-refractivity contribution is 7.86. The van der Waals surface area contributed by atoms with E-state index in [1.165, 1.54) is 17.2 Å². The second-order valence-corrected chi connectivity index (χ2v) is 9.63. The van der Waals surface area contributed by atoms with Crippen molar-refractivity contribution >= 4 is 34.0 Å². The molecule has 0 unspecified atom stereocenters. The zero-order chi connectivity index (χ0) is 24.5.